The van der Waals surface area contributed by atoms with E-state index in [1.165, 1.54) is 0 Å². The van der Waals surface area contributed by atoms with E-state index in [1.807, 2.05) is 52.0 Å². The van der Waals surface area contributed by atoms with Gasteiger partial charge in [0.05, 0.1) is 11.2 Å². The summed E-state index contributed by atoms with van der Waals surface area (Å²) in [4.78, 5) is 23.0. The Morgan fingerprint density at radius 2 is 1.46 bits per heavy atom. The fraction of sp³-hybridized carbons (Fsp3) is 0.300. The van der Waals surface area contributed by atoms with E-state index in [2.05, 4.69) is 5.32 Å². The number of benzene rings is 2. The molecule has 134 valence electrons. The first-order chi connectivity index (χ1) is 12.2. The van der Waals surface area contributed by atoms with E-state index in [0.29, 0.717) is 16.8 Å². The zero-order valence-electron chi connectivity index (χ0n) is 15.4. The second-order valence-corrected chi connectivity index (χ2v) is 7.40. The SMILES string of the molecule is CC1(C)OB(c2ccc(NC(=O)c3ccc(C=O)cc3)cc2)OC1(C)C. The molecule has 26 heavy (non-hydrogen) atoms. The third kappa shape index (κ3) is 3.57. The lowest BCUT2D eigenvalue weighted by Gasteiger charge is -2.32. The molecule has 1 aliphatic heterocycles. The van der Waals surface area contributed by atoms with E-state index in [1.54, 1.807) is 24.3 Å². The number of hydrogen-bond donors (Lipinski definition) is 1. The van der Waals surface area contributed by atoms with Crippen molar-refractivity contribution < 1.29 is 18.9 Å². The molecule has 6 heteroatoms. The van der Waals surface area contributed by atoms with Crippen molar-refractivity contribution in [1.29, 1.82) is 0 Å². The summed E-state index contributed by atoms with van der Waals surface area (Å²) in [5.74, 6) is -0.231. The lowest BCUT2D eigenvalue weighted by atomic mass is 9.79. The highest BCUT2D eigenvalue weighted by atomic mass is 16.7. The first-order valence-corrected chi connectivity index (χ1v) is 8.54. The Morgan fingerprint density at radius 3 is 1.96 bits per heavy atom. The third-order valence-electron chi connectivity index (χ3n) is 5.00. The molecule has 1 aliphatic rings. The van der Waals surface area contributed by atoms with Gasteiger partial charge in [-0.25, -0.2) is 0 Å². The van der Waals surface area contributed by atoms with Crippen LogP contribution in [0.1, 0.15) is 48.4 Å². The smallest absolute Gasteiger partial charge is 0.399 e. The van der Waals surface area contributed by atoms with Crippen LogP contribution in [0.15, 0.2) is 48.5 Å². The van der Waals surface area contributed by atoms with Gasteiger partial charge in [-0.3, -0.25) is 9.59 Å². The zero-order chi connectivity index (χ0) is 18.9. The number of aldehydes is 1. The van der Waals surface area contributed by atoms with Crippen molar-refractivity contribution >= 4 is 30.5 Å². The van der Waals surface area contributed by atoms with Crippen LogP contribution in [0.3, 0.4) is 0 Å². The Hall–Kier alpha value is -2.44. The van der Waals surface area contributed by atoms with Gasteiger partial charge in [0, 0.05) is 16.8 Å². The molecule has 2 aromatic rings. The molecule has 1 heterocycles. The molecule has 3 rings (SSSR count). The molecule has 1 amide bonds. The average molecular weight is 351 g/mol. The molecule has 0 aromatic heterocycles. The van der Waals surface area contributed by atoms with Gasteiger partial charge in [-0.2, -0.15) is 0 Å². The van der Waals surface area contributed by atoms with Crippen LogP contribution in [-0.4, -0.2) is 30.5 Å². The van der Waals surface area contributed by atoms with Gasteiger partial charge in [-0.05, 0) is 57.4 Å². The molecular weight excluding hydrogens is 329 g/mol. The summed E-state index contributed by atoms with van der Waals surface area (Å²) in [6.07, 6.45) is 0.746. The van der Waals surface area contributed by atoms with Crippen LogP contribution in [-0.2, 0) is 9.31 Å². The molecule has 1 saturated heterocycles. The quantitative estimate of drug-likeness (QED) is 0.679. The lowest BCUT2D eigenvalue weighted by molar-refractivity contribution is 0.00578. The fourth-order valence-electron chi connectivity index (χ4n) is 2.62. The van der Waals surface area contributed by atoms with Crippen molar-refractivity contribution in [2.75, 3.05) is 5.32 Å². The van der Waals surface area contributed by atoms with Gasteiger partial charge >= 0.3 is 7.12 Å². The minimum atomic E-state index is -0.430. The number of carbonyl (C=O) groups is 2. The highest BCUT2D eigenvalue weighted by Crippen LogP contribution is 2.36. The molecule has 1 N–H and O–H groups in total. The molecule has 5 nitrogen and oxygen atoms in total. The molecule has 1 fully saturated rings. The van der Waals surface area contributed by atoms with E-state index >= 15 is 0 Å². The van der Waals surface area contributed by atoms with E-state index in [4.69, 9.17) is 9.31 Å². The largest absolute Gasteiger partial charge is 0.494 e. The van der Waals surface area contributed by atoms with Crippen molar-refractivity contribution in [2.24, 2.45) is 0 Å². The molecule has 0 aliphatic carbocycles. The molecule has 0 atom stereocenters. The molecule has 0 unspecified atom stereocenters. The molecule has 0 saturated carbocycles. The topological polar surface area (TPSA) is 64.6 Å². The maximum atomic E-state index is 12.3. The molecule has 0 radical (unpaired) electrons. The van der Waals surface area contributed by atoms with Crippen LogP contribution in [0.5, 0.6) is 0 Å². The van der Waals surface area contributed by atoms with Gasteiger partial charge < -0.3 is 14.6 Å². The Bertz CT molecular complexity index is 797. The van der Waals surface area contributed by atoms with Crippen LogP contribution in [0.2, 0.25) is 0 Å². The van der Waals surface area contributed by atoms with E-state index in [-0.39, 0.29) is 5.91 Å². The summed E-state index contributed by atoms with van der Waals surface area (Å²) < 4.78 is 12.0. The van der Waals surface area contributed by atoms with Crippen molar-refractivity contribution in [1.82, 2.24) is 0 Å². The van der Waals surface area contributed by atoms with Crippen LogP contribution >= 0.6 is 0 Å². The number of anilines is 1. The van der Waals surface area contributed by atoms with Gasteiger partial charge in [-0.15, -0.1) is 0 Å². The Morgan fingerprint density at radius 1 is 0.923 bits per heavy atom. The number of nitrogens with one attached hydrogen (secondary N) is 1. The minimum absolute atomic E-state index is 0.231. The Balaban J connectivity index is 1.68. The van der Waals surface area contributed by atoms with Crippen molar-refractivity contribution in [3.05, 3.63) is 59.7 Å². The standard InChI is InChI=1S/C20H22BNO4/c1-19(2)20(3,4)26-21(25-19)16-9-11-17(12-10-16)22-18(24)15-7-5-14(13-23)6-8-15/h5-13H,1-4H3,(H,22,24). The summed E-state index contributed by atoms with van der Waals surface area (Å²) in [6.45, 7) is 8.05. The predicted octanol–water partition coefficient (Wildman–Crippen LogP) is 3.05. The van der Waals surface area contributed by atoms with E-state index in [0.717, 1.165) is 11.7 Å². The van der Waals surface area contributed by atoms with Gasteiger partial charge in [-0.1, -0.05) is 24.3 Å². The first-order valence-electron chi connectivity index (χ1n) is 8.54. The predicted molar refractivity (Wildman–Crippen MR) is 102 cm³/mol. The summed E-state index contributed by atoms with van der Waals surface area (Å²) in [6, 6.07) is 13.9. The fourth-order valence-corrected chi connectivity index (χ4v) is 2.62. The van der Waals surface area contributed by atoms with Crippen LogP contribution in [0, 0.1) is 0 Å². The number of rotatable bonds is 4. The van der Waals surface area contributed by atoms with Crippen LogP contribution < -0.4 is 10.8 Å². The summed E-state index contributed by atoms with van der Waals surface area (Å²) in [5.41, 5.74) is 1.82. The average Bonchev–Trinajstić information content (AvgIpc) is 2.83. The molecule has 2 aromatic carbocycles. The van der Waals surface area contributed by atoms with Crippen molar-refractivity contribution in [3.8, 4) is 0 Å². The third-order valence-corrected chi connectivity index (χ3v) is 5.00. The maximum Gasteiger partial charge on any atom is 0.494 e. The monoisotopic (exact) mass is 351 g/mol. The number of hydrogen-bond acceptors (Lipinski definition) is 4. The van der Waals surface area contributed by atoms with Gasteiger partial charge in [0.25, 0.3) is 5.91 Å². The number of amides is 1. The maximum absolute atomic E-state index is 12.3. The molecule has 0 spiro atoms. The Kier molecular flexibility index (Phi) is 4.73. The lowest BCUT2D eigenvalue weighted by Crippen LogP contribution is -2.41. The Labute approximate surface area is 153 Å². The van der Waals surface area contributed by atoms with Crippen LogP contribution in [0.25, 0.3) is 0 Å². The van der Waals surface area contributed by atoms with Crippen molar-refractivity contribution in [2.45, 2.75) is 38.9 Å². The van der Waals surface area contributed by atoms with Crippen molar-refractivity contribution in [3.63, 3.8) is 0 Å². The van der Waals surface area contributed by atoms with Gasteiger partial charge in [0.1, 0.15) is 6.29 Å². The normalized spacial score (nSPS) is 17.8. The second-order valence-electron chi connectivity index (χ2n) is 7.40. The van der Waals surface area contributed by atoms with Gasteiger partial charge in [0.15, 0.2) is 0 Å². The highest BCUT2D eigenvalue weighted by Gasteiger charge is 2.51. The van der Waals surface area contributed by atoms with E-state index < -0.39 is 18.3 Å². The summed E-state index contributed by atoms with van der Waals surface area (Å²) in [5, 5.41) is 2.84. The minimum Gasteiger partial charge on any atom is -0.399 e. The summed E-state index contributed by atoms with van der Waals surface area (Å²) in [7, 11) is -0.430. The molecule has 0 bridgehead atoms. The molecular formula is C20H22BNO4. The second kappa shape index (κ2) is 6.70. The summed E-state index contributed by atoms with van der Waals surface area (Å²) >= 11 is 0. The first kappa shape index (κ1) is 18.4. The number of carbonyl (C=O) groups excluding carboxylic acids is 2. The zero-order valence-corrected chi connectivity index (χ0v) is 15.4. The highest BCUT2D eigenvalue weighted by molar-refractivity contribution is 6.62. The van der Waals surface area contributed by atoms with E-state index in [9.17, 15) is 9.59 Å². The van der Waals surface area contributed by atoms with Crippen LogP contribution in [0.4, 0.5) is 5.69 Å². The van der Waals surface area contributed by atoms with Gasteiger partial charge in [0.2, 0.25) is 0 Å².